The molecule has 0 radical (unpaired) electrons. The van der Waals surface area contributed by atoms with Gasteiger partial charge in [0.05, 0.1) is 32.1 Å². The van der Waals surface area contributed by atoms with E-state index in [1.54, 1.807) is 12.1 Å². The van der Waals surface area contributed by atoms with E-state index in [0.717, 1.165) is 0 Å². The lowest BCUT2D eigenvalue weighted by atomic mass is 10.1. The summed E-state index contributed by atoms with van der Waals surface area (Å²) >= 11 is 0. The van der Waals surface area contributed by atoms with Gasteiger partial charge in [0.15, 0.2) is 0 Å². The highest BCUT2D eigenvalue weighted by Crippen LogP contribution is 2.23. The van der Waals surface area contributed by atoms with Gasteiger partial charge >= 0.3 is 5.97 Å². The van der Waals surface area contributed by atoms with Gasteiger partial charge < -0.3 is 25.3 Å². The van der Waals surface area contributed by atoms with Crippen LogP contribution in [0, 0.1) is 0 Å². The van der Waals surface area contributed by atoms with E-state index in [4.69, 9.17) is 15.2 Å². The fraction of sp³-hybridized carbons (Fsp3) is 0.385. The number of carbonyl (C=O) groups excluding carboxylic acids is 2. The number of nitrogens with two attached hydrogens (primary N) is 1. The van der Waals surface area contributed by atoms with Gasteiger partial charge in [0, 0.05) is 7.11 Å². The first-order valence-electron chi connectivity index (χ1n) is 5.85. The van der Waals surface area contributed by atoms with Crippen LogP contribution >= 0.6 is 0 Å². The molecule has 0 saturated carbocycles. The summed E-state index contributed by atoms with van der Waals surface area (Å²) in [5.41, 5.74) is 6.10. The van der Waals surface area contributed by atoms with Crippen molar-refractivity contribution in [2.24, 2.45) is 5.73 Å². The quantitative estimate of drug-likeness (QED) is 0.732. The lowest BCUT2D eigenvalue weighted by molar-refractivity contribution is -0.118. The van der Waals surface area contributed by atoms with Crippen LogP contribution < -0.4 is 15.8 Å². The number of rotatable bonds is 6. The minimum absolute atomic E-state index is 0.0789. The average molecular weight is 282 g/mol. The summed E-state index contributed by atoms with van der Waals surface area (Å²) in [6.45, 7) is 0.0789. The second-order valence-electron chi connectivity index (χ2n) is 3.95. The van der Waals surface area contributed by atoms with Crippen LogP contribution in [0.3, 0.4) is 0 Å². The smallest absolute Gasteiger partial charge is 0.340 e. The highest BCUT2D eigenvalue weighted by molar-refractivity contribution is 6.03. The minimum Gasteiger partial charge on any atom is -0.497 e. The van der Waals surface area contributed by atoms with Crippen molar-refractivity contribution in [1.82, 2.24) is 0 Å². The van der Waals surface area contributed by atoms with Gasteiger partial charge in [0.2, 0.25) is 5.91 Å². The topological polar surface area (TPSA) is 99.9 Å². The van der Waals surface area contributed by atoms with Gasteiger partial charge in [0.1, 0.15) is 11.8 Å². The molecule has 1 rings (SSSR count). The summed E-state index contributed by atoms with van der Waals surface area (Å²) in [6.07, 6.45) is 0. The van der Waals surface area contributed by atoms with E-state index >= 15 is 0 Å². The SMILES string of the molecule is COCC(N)C(=O)Nc1ccc(OC)cc1C(=O)OC. The van der Waals surface area contributed by atoms with E-state index in [2.05, 4.69) is 10.1 Å². The van der Waals surface area contributed by atoms with E-state index < -0.39 is 17.9 Å². The van der Waals surface area contributed by atoms with Crippen molar-refractivity contribution in [3.8, 4) is 5.75 Å². The predicted molar refractivity (Wildman–Crippen MR) is 72.8 cm³/mol. The third-order valence-corrected chi connectivity index (χ3v) is 2.57. The predicted octanol–water partition coefficient (Wildman–Crippen LogP) is 0.394. The van der Waals surface area contributed by atoms with Gasteiger partial charge in [-0.25, -0.2) is 4.79 Å². The summed E-state index contributed by atoms with van der Waals surface area (Å²) in [7, 11) is 4.17. The van der Waals surface area contributed by atoms with Crippen LogP contribution in [0.15, 0.2) is 18.2 Å². The Morgan fingerprint density at radius 3 is 2.55 bits per heavy atom. The molecular weight excluding hydrogens is 264 g/mol. The molecule has 110 valence electrons. The van der Waals surface area contributed by atoms with Gasteiger partial charge in [-0.2, -0.15) is 0 Å². The highest BCUT2D eigenvalue weighted by Gasteiger charge is 2.18. The molecule has 1 aromatic carbocycles. The zero-order chi connectivity index (χ0) is 15.1. The van der Waals surface area contributed by atoms with Crippen LogP contribution in [-0.2, 0) is 14.3 Å². The fourth-order valence-electron chi connectivity index (χ4n) is 1.52. The molecular formula is C13H18N2O5. The largest absolute Gasteiger partial charge is 0.497 e. The fourth-order valence-corrected chi connectivity index (χ4v) is 1.52. The van der Waals surface area contributed by atoms with Gasteiger partial charge in [-0.1, -0.05) is 0 Å². The molecule has 1 atom stereocenters. The lowest BCUT2D eigenvalue weighted by Crippen LogP contribution is -2.39. The molecule has 1 unspecified atom stereocenters. The van der Waals surface area contributed by atoms with Crippen molar-refractivity contribution in [2.75, 3.05) is 33.3 Å². The Balaban J connectivity index is 2.99. The monoisotopic (exact) mass is 282 g/mol. The zero-order valence-corrected chi connectivity index (χ0v) is 11.6. The number of nitrogens with one attached hydrogen (secondary N) is 1. The van der Waals surface area contributed by atoms with Gasteiger partial charge in [0.25, 0.3) is 0 Å². The first kappa shape index (κ1) is 15.9. The van der Waals surface area contributed by atoms with Crippen LogP contribution in [-0.4, -0.2) is 45.9 Å². The van der Waals surface area contributed by atoms with E-state index in [-0.39, 0.29) is 12.2 Å². The maximum absolute atomic E-state index is 11.8. The van der Waals surface area contributed by atoms with Crippen molar-refractivity contribution >= 4 is 17.6 Å². The van der Waals surface area contributed by atoms with E-state index in [9.17, 15) is 9.59 Å². The average Bonchev–Trinajstić information content (AvgIpc) is 2.46. The summed E-state index contributed by atoms with van der Waals surface area (Å²) in [5.74, 6) is -0.564. The molecule has 0 aromatic heterocycles. The minimum atomic E-state index is -0.826. The number of carbonyl (C=O) groups is 2. The second kappa shape index (κ2) is 7.46. The summed E-state index contributed by atoms with van der Waals surface area (Å²) in [5, 5.41) is 2.56. The first-order valence-corrected chi connectivity index (χ1v) is 5.85. The molecule has 0 heterocycles. The number of hydrogen-bond acceptors (Lipinski definition) is 6. The van der Waals surface area contributed by atoms with Crippen molar-refractivity contribution < 1.29 is 23.8 Å². The zero-order valence-electron chi connectivity index (χ0n) is 11.6. The maximum Gasteiger partial charge on any atom is 0.340 e. The number of benzene rings is 1. The van der Waals surface area contributed by atoms with Crippen LogP contribution in [0.2, 0.25) is 0 Å². The second-order valence-corrected chi connectivity index (χ2v) is 3.95. The Kier molecular flexibility index (Phi) is 5.95. The number of esters is 1. The van der Waals surface area contributed by atoms with E-state index in [1.807, 2.05) is 0 Å². The highest BCUT2D eigenvalue weighted by atomic mass is 16.5. The molecule has 0 spiro atoms. The van der Waals surface area contributed by atoms with Crippen LogP contribution in [0.25, 0.3) is 0 Å². The summed E-state index contributed by atoms with van der Waals surface area (Å²) in [4.78, 5) is 23.5. The van der Waals surface area contributed by atoms with Crippen LogP contribution in [0.5, 0.6) is 5.75 Å². The number of ether oxygens (including phenoxy) is 3. The molecule has 1 aromatic rings. The van der Waals surface area contributed by atoms with Crippen molar-refractivity contribution in [3.63, 3.8) is 0 Å². The molecule has 0 aliphatic heterocycles. The third-order valence-electron chi connectivity index (χ3n) is 2.57. The molecule has 0 aliphatic rings. The number of hydrogen-bond donors (Lipinski definition) is 2. The molecule has 7 heteroatoms. The summed E-state index contributed by atoms with van der Waals surface area (Å²) < 4.78 is 14.5. The molecule has 0 fully saturated rings. The molecule has 3 N–H and O–H groups in total. The Morgan fingerprint density at radius 2 is 2.00 bits per heavy atom. The van der Waals surface area contributed by atoms with Gasteiger partial charge in [-0.15, -0.1) is 0 Å². The Bertz CT molecular complexity index is 490. The Labute approximate surface area is 117 Å². The third kappa shape index (κ3) is 3.94. The van der Waals surface area contributed by atoms with Crippen LogP contribution in [0.1, 0.15) is 10.4 Å². The van der Waals surface area contributed by atoms with Crippen molar-refractivity contribution in [3.05, 3.63) is 23.8 Å². The normalized spacial score (nSPS) is 11.6. The van der Waals surface area contributed by atoms with Crippen molar-refractivity contribution in [1.29, 1.82) is 0 Å². The number of anilines is 1. The Hall–Kier alpha value is -2.12. The van der Waals surface area contributed by atoms with E-state index in [1.165, 1.54) is 27.4 Å². The van der Waals surface area contributed by atoms with Gasteiger partial charge in [-0.3, -0.25) is 4.79 Å². The van der Waals surface area contributed by atoms with Crippen molar-refractivity contribution in [2.45, 2.75) is 6.04 Å². The van der Waals surface area contributed by atoms with Crippen LogP contribution in [0.4, 0.5) is 5.69 Å². The first-order chi connectivity index (χ1) is 9.53. The Morgan fingerprint density at radius 1 is 1.30 bits per heavy atom. The molecule has 0 saturated heterocycles. The van der Waals surface area contributed by atoms with E-state index in [0.29, 0.717) is 11.4 Å². The number of methoxy groups -OCH3 is 3. The molecule has 7 nitrogen and oxygen atoms in total. The molecule has 20 heavy (non-hydrogen) atoms. The maximum atomic E-state index is 11.8. The standard InChI is InChI=1S/C13H18N2O5/c1-18-7-10(14)12(16)15-11-5-4-8(19-2)6-9(11)13(17)20-3/h4-6,10H,7,14H2,1-3H3,(H,15,16). The summed E-state index contributed by atoms with van der Waals surface area (Å²) in [6, 6.07) is 3.81. The molecule has 1 amide bonds. The van der Waals surface area contributed by atoms with Gasteiger partial charge in [-0.05, 0) is 18.2 Å². The molecule has 0 bridgehead atoms. The number of amides is 1. The lowest BCUT2D eigenvalue weighted by Gasteiger charge is -2.14. The molecule has 0 aliphatic carbocycles.